The van der Waals surface area contributed by atoms with Crippen molar-refractivity contribution in [3.63, 3.8) is 0 Å². The van der Waals surface area contributed by atoms with E-state index in [-0.39, 0.29) is 11.9 Å². The van der Waals surface area contributed by atoms with Crippen LogP contribution in [0.3, 0.4) is 0 Å². The van der Waals surface area contributed by atoms with Crippen molar-refractivity contribution in [1.82, 2.24) is 15.1 Å². The average molecular weight is 315 g/mol. The largest absolute Gasteiger partial charge is 0.353 e. The molecule has 3 rings (SSSR count). The minimum atomic E-state index is 0.0691. The summed E-state index contributed by atoms with van der Waals surface area (Å²) in [7, 11) is 2.08. The van der Waals surface area contributed by atoms with Gasteiger partial charge in [0, 0.05) is 26.2 Å². The molecule has 0 saturated carbocycles. The van der Waals surface area contributed by atoms with Crippen molar-refractivity contribution in [3.8, 4) is 0 Å². The van der Waals surface area contributed by atoms with Crippen LogP contribution in [0.15, 0.2) is 24.3 Å². The van der Waals surface area contributed by atoms with Gasteiger partial charge in [-0.15, -0.1) is 0 Å². The molecule has 126 valence electrons. The second kappa shape index (κ2) is 7.93. The van der Waals surface area contributed by atoms with Gasteiger partial charge in [-0.05, 0) is 44.0 Å². The Hall–Kier alpha value is -1.39. The molecule has 1 N–H and O–H groups in total. The molecule has 1 aromatic rings. The van der Waals surface area contributed by atoms with Crippen LogP contribution in [0.2, 0.25) is 0 Å². The van der Waals surface area contributed by atoms with Gasteiger partial charge >= 0.3 is 0 Å². The number of hydrogen-bond donors (Lipinski definition) is 1. The third kappa shape index (κ3) is 4.33. The number of carbonyl (C=O) groups is 1. The van der Waals surface area contributed by atoms with Gasteiger partial charge in [0.15, 0.2) is 0 Å². The zero-order valence-corrected chi connectivity index (χ0v) is 14.3. The summed E-state index contributed by atoms with van der Waals surface area (Å²) in [5.74, 6) is 0.215. The molecule has 1 aromatic carbocycles. The molecular weight excluding hydrogens is 286 g/mol. The molecule has 1 fully saturated rings. The molecule has 0 aliphatic carbocycles. The van der Waals surface area contributed by atoms with Crippen LogP contribution in [0.4, 0.5) is 0 Å². The Morgan fingerprint density at radius 1 is 1.17 bits per heavy atom. The van der Waals surface area contributed by atoms with Crippen molar-refractivity contribution in [2.45, 2.75) is 44.7 Å². The van der Waals surface area contributed by atoms with Gasteiger partial charge in [-0.1, -0.05) is 37.1 Å². The van der Waals surface area contributed by atoms with Gasteiger partial charge < -0.3 is 5.32 Å². The molecule has 1 unspecified atom stereocenters. The van der Waals surface area contributed by atoms with Crippen molar-refractivity contribution in [2.24, 2.45) is 0 Å². The van der Waals surface area contributed by atoms with Gasteiger partial charge in [-0.2, -0.15) is 0 Å². The first-order valence-electron chi connectivity index (χ1n) is 9.01. The van der Waals surface area contributed by atoms with E-state index in [1.54, 1.807) is 0 Å². The summed E-state index contributed by atoms with van der Waals surface area (Å²) < 4.78 is 0. The van der Waals surface area contributed by atoms with Crippen LogP contribution in [0, 0.1) is 0 Å². The number of likely N-dealkylation sites (N-methyl/N-ethyl adjacent to an activating group) is 1. The normalized spacial score (nSPS) is 23.1. The van der Waals surface area contributed by atoms with E-state index < -0.39 is 0 Å². The van der Waals surface area contributed by atoms with Crippen molar-refractivity contribution < 1.29 is 4.79 Å². The van der Waals surface area contributed by atoms with Crippen LogP contribution >= 0.6 is 0 Å². The monoisotopic (exact) mass is 315 g/mol. The Morgan fingerprint density at radius 2 is 2.00 bits per heavy atom. The summed E-state index contributed by atoms with van der Waals surface area (Å²) in [5, 5.41) is 3.16. The first-order valence-corrected chi connectivity index (χ1v) is 9.01. The second-order valence-corrected chi connectivity index (χ2v) is 6.93. The number of fused-ring (bicyclic) bond motifs is 1. The minimum absolute atomic E-state index is 0.0691. The summed E-state index contributed by atoms with van der Waals surface area (Å²) in [5.41, 5.74) is 2.92. The number of amides is 1. The lowest BCUT2D eigenvalue weighted by Gasteiger charge is -2.29. The molecule has 4 heteroatoms. The fourth-order valence-corrected chi connectivity index (χ4v) is 3.78. The summed E-state index contributed by atoms with van der Waals surface area (Å²) in [4.78, 5) is 17.1. The molecule has 0 spiro atoms. The molecule has 2 aliphatic rings. The third-order valence-corrected chi connectivity index (χ3v) is 5.26. The van der Waals surface area contributed by atoms with E-state index in [1.807, 2.05) is 0 Å². The van der Waals surface area contributed by atoms with Crippen molar-refractivity contribution in [1.29, 1.82) is 0 Å². The Bertz CT molecular complexity index is 531. The summed E-state index contributed by atoms with van der Waals surface area (Å²) in [6.07, 6.45) is 5.76. The van der Waals surface area contributed by atoms with Gasteiger partial charge in [0.2, 0.25) is 5.91 Å². The molecule has 1 amide bonds. The number of nitrogens with zero attached hydrogens (tertiary/aromatic N) is 2. The number of nitrogens with one attached hydrogen (secondary N) is 1. The summed E-state index contributed by atoms with van der Waals surface area (Å²) in [6.45, 7) is 4.84. The molecule has 0 bridgehead atoms. The molecule has 0 aromatic heterocycles. The van der Waals surface area contributed by atoms with Crippen molar-refractivity contribution in [2.75, 3.05) is 33.2 Å². The van der Waals surface area contributed by atoms with Crippen molar-refractivity contribution in [3.05, 3.63) is 35.4 Å². The highest BCUT2D eigenvalue weighted by Gasteiger charge is 2.24. The minimum Gasteiger partial charge on any atom is -0.353 e. The van der Waals surface area contributed by atoms with Gasteiger partial charge in [0.05, 0.1) is 6.04 Å². The van der Waals surface area contributed by atoms with Gasteiger partial charge in [-0.3, -0.25) is 14.6 Å². The fraction of sp³-hybridized carbons (Fsp3) is 0.632. The standard InChI is InChI=1S/C19H29N3O/c1-21-12-6-2-3-9-18(21)19(23)20-11-14-22-13-10-16-7-4-5-8-17(16)15-22/h4-5,7-8,18H,2-3,6,9-15H2,1H3,(H,20,23). The van der Waals surface area contributed by atoms with Gasteiger partial charge in [0.1, 0.15) is 0 Å². The maximum atomic E-state index is 12.4. The number of benzene rings is 1. The maximum Gasteiger partial charge on any atom is 0.237 e. The van der Waals surface area contributed by atoms with Crippen LogP contribution in [-0.2, 0) is 17.8 Å². The highest BCUT2D eigenvalue weighted by molar-refractivity contribution is 5.81. The molecule has 2 heterocycles. The van der Waals surface area contributed by atoms with E-state index in [0.29, 0.717) is 0 Å². The smallest absolute Gasteiger partial charge is 0.237 e. The van der Waals surface area contributed by atoms with Crippen molar-refractivity contribution >= 4 is 5.91 Å². The molecule has 4 nitrogen and oxygen atoms in total. The van der Waals surface area contributed by atoms with E-state index in [9.17, 15) is 4.79 Å². The maximum absolute atomic E-state index is 12.4. The molecule has 2 aliphatic heterocycles. The number of carbonyl (C=O) groups excluding carboxylic acids is 1. The predicted octanol–water partition coefficient (Wildman–Crippen LogP) is 2.04. The van der Waals surface area contributed by atoms with E-state index in [4.69, 9.17) is 0 Å². The van der Waals surface area contributed by atoms with Crippen LogP contribution in [0.5, 0.6) is 0 Å². The first-order chi connectivity index (χ1) is 11.2. The average Bonchev–Trinajstić information content (AvgIpc) is 2.79. The number of hydrogen-bond acceptors (Lipinski definition) is 3. The molecular formula is C19H29N3O. The molecule has 1 atom stereocenters. The Labute approximate surface area is 139 Å². The molecule has 23 heavy (non-hydrogen) atoms. The van der Waals surface area contributed by atoms with E-state index in [0.717, 1.165) is 45.6 Å². The highest BCUT2D eigenvalue weighted by Crippen LogP contribution is 2.18. The van der Waals surface area contributed by atoms with Crippen LogP contribution < -0.4 is 5.32 Å². The zero-order valence-electron chi connectivity index (χ0n) is 14.3. The second-order valence-electron chi connectivity index (χ2n) is 6.93. The fourth-order valence-electron chi connectivity index (χ4n) is 3.78. The van der Waals surface area contributed by atoms with Crippen LogP contribution in [-0.4, -0.2) is 55.0 Å². The van der Waals surface area contributed by atoms with E-state index >= 15 is 0 Å². The topological polar surface area (TPSA) is 35.6 Å². The predicted molar refractivity (Wildman–Crippen MR) is 93.3 cm³/mol. The summed E-state index contributed by atoms with van der Waals surface area (Å²) >= 11 is 0. The lowest BCUT2D eigenvalue weighted by atomic mass is 10.00. The molecule has 0 radical (unpaired) electrons. The lowest BCUT2D eigenvalue weighted by Crippen LogP contribution is -2.47. The Kier molecular flexibility index (Phi) is 5.68. The van der Waals surface area contributed by atoms with Crippen LogP contribution in [0.1, 0.15) is 36.8 Å². The first kappa shape index (κ1) is 16.5. The highest BCUT2D eigenvalue weighted by atomic mass is 16.2. The number of likely N-dealkylation sites (tertiary alicyclic amines) is 1. The Balaban J connectivity index is 1.44. The third-order valence-electron chi connectivity index (χ3n) is 5.26. The quantitative estimate of drug-likeness (QED) is 0.923. The lowest BCUT2D eigenvalue weighted by molar-refractivity contribution is -0.126. The zero-order chi connectivity index (χ0) is 16.1. The van der Waals surface area contributed by atoms with Gasteiger partial charge in [-0.25, -0.2) is 0 Å². The van der Waals surface area contributed by atoms with Gasteiger partial charge in [0.25, 0.3) is 0 Å². The SMILES string of the molecule is CN1CCCCCC1C(=O)NCCN1CCc2ccccc2C1. The Morgan fingerprint density at radius 3 is 2.87 bits per heavy atom. The van der Waals surface area contributed by atoms with Crippen LogP contribution in [0.25, 0.3) is 0 Å². The number of rotatable bonds is 4. The van der Waals surface area contributed by atoms with E-state index in [1.165, 1.54) is 30.4 Å². The van der Waals surface area contributed by atoms with E-state index in [2.05, 4.69) is 46.4 Å². The summed E-state index contributed by atoms with van der Waals surface area (Å²) in [6, 6.07) is 8.76. The molecule has 1 saturated heterocycles.